The highest BCUT2D eigenvalue weighted by molar-refractivity contribution is 7.89. The third kappa shape index (κ3) is 3.50. The van der Waals surface area contributed by atoms with Crippen LogP contribution in [0, 0.1) is 0 Å². The largest absolute Gasteiger partial charge is 0.264 e. The summed E-state index contributed by atoms with van der Waals surface area (Å²) in [5, 5.41) is 0.136. The molecule has 2 rings (SSSR count). The molecule has 0 aliphatic heterocycles. The minimum atomic E-state index is -3.63. The van der Waals surface area contributed by atoms with Crippen molar-refractivity contribution < 1.29 is 8.42 Å². The van der Waals surface area contributed by atoms with Gasteiger partial charge in [0.25, 0.3) is 0 Å². The van der Waals surface area contributed by atoms with E-state index < -0.39 is 10.0 Å². The molecule has 2 aromatic rings. The lowest BCUT2D eigenvalue weighted by atomic mass is 10.2. The number of sulfonamides is 1. The van der Waals surface area contributed by atoms with Crippen LogP contribution in [0.1, 0.15) is 18.5 Å². The first kappa shape index (κ1) is 13.9. The second-order valence-electron chi connectivity index (χ2n) is 3.94. The summed E-state index contributed by atoms with van der Waals surface area (Å²) in [7, 11) is -3.63. The molecule has 0 spiro atoms. The molecular weight excluding hydrogens is 286 g/mol. The molecule has 0 saturated carbocycles. The molecular formula is C12H12ClN3O2S. The summed E-state index contributed by atoms with van der Waals surface area (Å²) >= 11 is 5.69. The molecule has 100 valence electrons. The Balaban J connectivity index is 2.23. The fourth-order valence-corrected chi connectivity index (χ4v) is 3.04. The second-order valence-corrected chi connectivity index (χ2v) is 6.04. The first-order valence-corrected chi connectivity index (χ1v) is 7.39. The van der Waals surface area contributed by atoms with Crippen molar-refractivity contribution in [1.82, 2.24) is 14.7 Å². The fraction of sp³-hybridized carbons (Fsp3) is 0.167. The summed E-state index contributed by atoms with van der Waals surface area (Å²) in [4.78, 5) is 7.80. The molecule has 7 heteroatoms. The predicted octanol–water partition coefficient (Wildman–Crippen LogP) is 2.17. The van der Waals surface area contributed by atoms with Crippen molar-refractivity contribution in [2.75, 3.05) is 0 Å². The van der Waals surface area contributed by atoms with Gasteiger partial charge in [0.15, 0.2) is 0 Å². The Morgan fingerprint density at radius 2 is 2.11 bits per heavy atom. The standard InChI is InChI=1S/C12H12ClN3O2S/c1-9(10-3-2-5-14-8-10)16-19(17,18)11-4-6-15-12(13)7-11/h2-9,16H,1H3. The maximum absolute atomic E-state index is 12.2. The van der Waals surface area contributed by atoms with Gasteiger partial charge in [-0.3, -0.25) is 4.98 Å². The number of nitrogens with zero attached hydrogens (tertiary/aromatic N) is 2. The van der Waals surface area contributed by atoms with Gasteiger partial charge < -0.3 is 0 Å². The minimum absolute atomic E-state index is 0.0863. The highest BCUT2D eigenvalue weighted by atomic mass is 35.5. The Kier molecular flexibility index (Phi) is 4.14. The van der Waals surface area contributed by atoms with E-state index in [0.717, 1.165) is 5.56 Å². The summed E-state index contributed by atoms with van der Waals surface area (Å²) in [6.45, 7) is 1.75. The zero-order valence-electron chi connectivity index (χ0n) is 10.1. The normalized spacial score (nSPS) is 13.2. The van der Waals surface area contributed by atoms with Crippen LogP contribution in [-0.2, 0) is 10.0 Å². The van der Waals surface area contributed by atoms with Crippen LogP contribution in [0.15, 0.2) is 47.8 Å². The van der Waals surface area contributed by atoms with Crippen LogP contribution >= 0.6 is 11.6 Å². The van der Waals surface area contributed by atoms with Gasteiger partial charge in [0.2, 0.25) is 10.0 Å². The number of rotatable bonds is 4. The van der Waals surface area contributed by atoms with Crippen molar-refractivity contribution in [2.45, 2.75) is 17.9 Å². The van der Waals surface area contributed by atoms with E-state index in [4.69, 9.17) is 11.6 Å². The average molecular weight is 298 g/mol. The molecule has 0 aliphatic rings. The molecule has 0 aromatic carbocycles. The number of halogens is 1. The van der Waals surface area contributed by atoms with Gasteiger partial charge in [0.05, 0.1) is 4.90 Å². The Hall–Kier alpha value is -1.50. The summed E-state index contributed by atoms with van der Waals surface area (Å²) in [6.07, 6.45) is 4.60. The van der Waals surface area contributed by atoms with Crippen LogP contribution in [0.4, 0.5) is 0 Å². The van der Waals surface area contributed by atoms with Crippen LogP contribution in [0.25, 0.3) is 0 Å². The molecule has 1 unspecified atom stereocenters. The first-order chi connectivity index (χ1) is 8.99. The molecule has 5 nitrogen and oxygen atoms in total. The number of nitrogens with one attached hydrogen (secondary N) is 1. The van der Waals surface area contributed by atoms with E-state index in [1.54, 1.807) is 31.5 Å². The van der Waals surface area contributed by atoms with E-state index in [1.807, 2.05) is 0 Å². The summed E-state index contributed by atoms with van der Waals surface area (Å²) in [5.74, 6) is 0. The highest BCUT2D eigenvalue weighted by Crippen LogP contribution is 2.17. The molecule has 2 heterocycles. The molecule has 0 fully saturated rings. The van der Waals surface area contributed by atoms with Crippen molar-refractivity contribution in [3.05, 3.63) is 53.6 Å². The number of aromatic nitrogens is 2. The molecule has 1 atom stereocenters. The van der Waals surface area contributed by atoms with E-state index >= 15 is 0 Å². The third-order valence-corrected chi connectivity index (χ3v) is 4.27. The number of hydrogen-bond acceptors (Lipinski definition) is 4. The van der Waals surface area contributed by atoms with E-state index in [2.05, 4.69) is 14.7 Å². The number of pyridine rings is 2. The van der Waals surface area contributed by atoms with E-state index in [0.29, 0.717) is 0 Å². The van der Waals surface area contributed by atoms with Crippen molar-refractivity contribution in [3.8, 4) is 0 Å². The van der Waals surface area contributed by atoms with Crippen molar-refractivity contribution in [3.63, 3.8) is 0 Å². The lowest BCUT2D eigenvalue weighted by molar-refractivity contribution is 0.566. The maximum atomic E-state index is 12.2. The van der Waals surface area contributed by atoms with E-state index in [9.17, 15) is 8.42 Å². The Labute approximate surface area is 116 Å². The zero-order chi connectivity index (χ0) is 13.9. The minimum Gasteiger partial charge on any atom is -0.264 e. The fourth-order valence-electron chi connectivity index (χ4n) is 1.55. The van der Waals surface area contributed by atoms with Crippen LogP contribution in [0.5, 0.6) is 0 Å². The molecule has 2 aromatic heterocycles. The topological polar surface area (TPSA) is 72.0 Å². The van der Waals surface area contributed by atoms with Crippen LogP contribution in [0.2, 0.25) is 5.15 Å². The van der Waals surface area contributed by atoms with Crippen LogP contribution in [-0.4, -0.2) is 18.4 Å². The van der Waals surface area contributed by atoms with Gasteiger partial charge in [-0.2, -0.15) is 0 Å². The molecule has 0 radical (unpaired) electrons. The Morgan fingerprint density at radius 3 is 2.74 bits per heavy atom. The number of hydrogen-bond donors (Lipinski definition) is 1. The average Bonchev–Trinajstić information content (AvgIpc) is 2.39. The van der Waals surface area contributed by atoms with Gasteiger partial charge >= 0.3 is 0 Å². The molecule has 19 heavy (non-hydrogen) atoms. The van der Waals surface area contributed by atoms with Gasteiger partial charge in [-0.1, -0.05) is 17.7 Å². The molecule has 0 saturated heterocycles. The smallest absolute Gasteiger partial charge is 0.241 e. The quantitative estimate of drug-likeness (QED) is 0.878. The van der Waals surface area contributed by atoms with Gasteiger partial charge in [0, 0.05) is 24.6 Å². The van der Waals surface area contributed by atoms with Crippen molar-refractivity contribution in [2.24, 2.45) is 0 Å². The van der Waals surface area contributed by atoms with E-state index in [1.165, 1.54) is 18.3 Å². The SMILES string of the molecule is CC(NS(=O)(=O)c1ccnc(Cl)c1)c1cccnc1. The molecule has 0 aliphatic carbocycles. The van der Waals surface area contributed by atoms with Gasteiger partial charge in [-0.05, 0) is 30.7 Å². The van der Waals surface area contributed by atoms with Gasteiger partial charge in [0.1, 0.15) is 5.15 Å². The summed E-state index contributed by atoms with van der Waals surface area (Å²) < 4.78 is 26.9. The predicted molar refractivity (Wildman–Crippen MR) is 72.2 cm³/mol. The van der Waals surface area contributed by atoms with Gasteiger partial charge in [-0.15, -0.1) is 0 Å². The lowest BCUT2D eigenvalue weighted by Gasteiger charge is -2.14. The van der Waals surface area contributed by atoms with Gasteiger partial charge in [-0.25, -0.2) is 18.1 Å². The zero-order valence-corrected chi connectivity index (χ0v) is 11.7. The lowest BCUT2D eigenvalue weighted by Crippen LogP contribution is -2.27. The molecule has 0 amide bonds. The Bertz CT molecular complexity index is 662. The molecule has 0 bridgehead atoms. The second kappa shape index (κ2) is 5.64. The first-order valence-electron chi connectivity index (χ1n) is 5.53. The van der Waals surface area contributed by atoms with E-state index in [-0.39, 0.29) is 16.1 Å². The van der Waals surface area contributed by atoms with Crippen LogP contribution in [0.3, 0.4) is 0 Å². The Morgan fingerprint density at radius 1 is 1.32 bits per heavy atom. The summed E-state index contributed by atoms with van der Waals surface area (Å²) in [5.41, 5.74) is 0.784. The maximum Gasteiger partial charge on any atom is 0.241 e. The molecule has 1 N–H and O–H groups in total. The van der Waals surface area contributed by atoms with Crippen molar-refractivity contribution in [1.29, 1.82) is 0 Å². The highest BCUT2D eigenvalue weighted by Gasteiger charge is 2.18. The monoisotopic (exact) mass is 297 g/mol. The third-order valence-electron chi connectivity index (χ3n) is 2.52. The van der Waals surface area contributed by atoms with Crippen LogP contribution < -0.4 is 4.72 Å². The summed E-state index contributed by atoms with van der Waals surface area (Å²) in [6, 6.07) is 5.87. The van der Waals surface area contributed by atoms with Crippen molar-refractivity contribution >= 4 is 21.6 Å².